The van der Waals surface area contributed by atoms with Crippen LogP contribution in [-0.2, 0) is 4.79 Å². The van der Waals surface area contributed by atoms with E-state index in [2.05, 4.69) is 20.4 Å². The quantitative estimate of drug-likeness (QED) is 0.748. The van der Waals surface area contributed by atoms with Gasteiger partial charge in [-0.25, -0.2) is 5.10 Å². The Morgan fingerprint density at radius 3 is 2.56 bits per heavy atom. The minimum Gasteiger partial charge on any atom is -0.394 e. The fourth-order valence-corrected chi connectivity index (χ4v) is 3.09. The average molecular weight is 342 g/mol. The lowest BCUT2D eigenvalue weighted by molar-refractivity contribution is -0.126. The number of amides is 1. The van der Waals surface area contributed by atoms with Gasteiger partial charge in [-0.05, 0) is 24.5 Å². The maximum absolute atomic E-state index is 12.5. The number of nitrogens with zero attached hydrogens (tertiary/aromatic N) is 2. The Balaban J connectivity index is 1.56. The first-order chi connectivity index (χ1) is 12.2. The normalized spacial score (nSPS) is 16.4. The van der Waals surface area contributed by atoms with Crippen LogP contribution >= 0.6 is 0 Å². The molecule has 0 aliphatic carbocycles. The van der Waals surface area contributed by atoms with Gasteiger partial charge in [-0.15, -0.1) is 0 Å². The van der Waals surface area contributed by atoms with E-state index in [9.17, 15) is 14.7 Å². The molecule has 0 saturated carbocycles. The molecule has 1 aliphatic rings. The third-order valence-electron chi connectivity index (χ3n) is 4.56. The van der Waals surface area contributed by atoms with Crippen LogP contribution in [-0.4, -0.2) is 40.9 Å². The van der Waals surface area contributed by atoms with Crippen molar-refractivity contribution in [3.63, 3.8) is 0 Å². The van der Waals surface area contributed by atoms with E-state index < -0.39 is 0 Å². The highest BCUT2D eigenvalue weighted by molar-refractivity contribution is 5.79. The van der Waals surface area contributed by atoms with Gasteiger partial charge >= 0.3 is 0 Å². The average Bonchev–Trinajstić information content (AvgIpc) is 2.67. The van der Waals surface area contributed by atoms with Crippen LogP contribution in [0, 0.1) is 5.92 Å². The van der Waals surface area contributed by atoms with E-state index in [-0.39, 0.29) is 30.0 Å². The first kappa shape index (κ1) is 17.2. The summed E-state index contributed by atoms with van der Waals surface area (Å²) in [6, 6.07) is 12.2. The molecule has 0 spiro atoms. The van der Waals surface area contributed by atoms with Crippen LogP contribution in [0.3, 0.4) is 0 Å². The van der Waals surface area contributed by atoms with Crippen molar-refractivity contribution in [2.24, 2.45) is 5.92 Å². The SMILES string of the molecule is O=C(N[C@H](CO)c1ccccc1)C1CCN(c2ccc(=O)[nH]n2)CC1. The number of aliphatic hydroxyl groups excluding tert-OH is 1. The number of hydrogen-bond acceptors (Lipinski definition) is 5. The Morgan fingerprint density at radius 1 is 1.24 bits per heavy atom. The number of nitrogens with one attached hydrogen (secondary N) is 2. The number of aromatic amines is 1. The van der Waals surface area contributed by atoms with Gasteiger partial charge in [0.05, 0.1) is 12.6 Å². The lowest BCUT2D eigenvalue weighted by Crippen LogP contribution is -2.42. The van der Waals surface area contributed by atoms with Gasteiger partial charge in [0.2, 0.25) is 5.91 Å². The summed E-state index contributed by atoms with van der Waals surface area (Å²) in [5.41, 5.74) is 0.669. The lowest BCUT2D eigenvalue weighted by Gasteiger charge is -2.32. The van der Waals surface area contributed by atoms with E-state index in [1.807, 2.05) is 30.3 Å². The molecule has 3 rings (SSSR count). The number of carbonyl (C=O) groups excluding carboxylic acids is 1. The second-order valence-electron chi connectivity index (χ2n) is 6.20. The van der Waals surface area contributed by atoms with Crippen LogP contribution < -0.4 is 15.8 Å². The van der Waals surface area contributed by atoms with Crippen molar-refractivity contribution < 1.29 is 9.90 Å². The molecule has 25 heavy (non-hydrogen) atoms. The summed E-state index contributed by atoms with van der Waals surface area (Å²) in [5, 5.41) is 19.0. The van der Waals surface area contributed by atoms with Gasteiger partial charge in [-0.2, -0.15) is 5.10 Å². The van der Waals surface area contributed by atoms with E-state index >= 15 is 0 Å². The van der Waals surface area contributed by atoms with Crippen LogP contribution in [0.2, 0.25) is 0 Å². The van der Waals surface area contributed by atoms with Gasteiger partial charge in [0.25, 0.3) is 5.56 Å². The Hall–Kier alpha value is -2.67. The van der Waals surface area contributed by atoms with Crippen molar-refractivity contribution in [3.05, 3.63) is 58.4 Å². The number of benzene rings is 1. The topological polar surface area (TPSA) is 98.3 Å². The molecule has 3 N–H and O–H groups in total. The lowest BCUT2D eigenvalue weighted by atomic mass is 9.95. The zero-order valence-electron chi connectivity index (χ0n) is 13.9. The summed E-state index contributed by atoms with van der Waals surface area (Å²) in [6.45, 7) is 1.27. The van der Waals surface area contributed by atoms with Crippen molar-refractivity contribution in [1.82, 2.24) is 15.5 Å². The van der Waals surface area contributed by atoms with Crippen molar-refractivity contribution in [3.8, 4) is 0 Å². The highest BCUT2D eigenvalue weighted by atomic mass is 16.3. The maximum atomic E-state index is 12.5. The molecule has 1 fully saturated rings. The minimum absolute atomic E-state index is 0.0306. The number of carbonyl (C=O) groups is 1. The molecular formula is C18H22N4O3. The summed E-state index contributed by atoms with van der Waals surface area (Å²) in [6.07, 6.45) is 1.42. The highest BCUT2D eigenvalue weighted by Crippen LogP contribution is 2.22. The molecule has 1 aromatic heterocycles. The molecular weight excluding hydrogens is 320 g/mol. The fourth-order valence-electron chi connectivity index (χ4n) is 3.09. The molecule has 7 heteroatoms. The molecule has 1 aliphatic heterocycles. The molecule has 0 bridgehead atoms. The third kappa shape index (κ3) is 4.24. The Bertz CT molecular complexity index is 734. The Morgan fingerprint density at radius 2 is 1.96 bits per heavy atom. The molecule has 132 valence electrons. The summed E-state index contributed by atoms with van der Waals surface area (Å²) < 4.78 is 0. The molecule has 1 saturated heterocycles. The standard InChI is InChI=1S/C18H22N4O3/c23-12-15(13-4-2-1-3-5-13)19-18(25)14-8-10-22(11-9-14)16-6-7-17(24)21-20-16/h1-7,14-15,23H,8-12H2,(H,19,25)(H,21,24)/t15-/m1/s1. The highest BCUT2D eigenvalue weighted by Gasteiger charge is 2.27. The largest absolute Gasteiger partial charge is 0.394 e. The Labute approximate surface area is 145 Å². The summed E-state index contributed by atoms with van der Waals surface area (Å²) in [4.78, 5) is 25.7. The van der Waals surface area contributed by atoms with Gasteiger partial charge in [0.1, 0.15) is 5.82 Å². The number of H-pyrrole nitrogens is 1. The molecule has 1 atom stereocenters. The third-order valence-corrected chi connectivity index (χ3v) is 4.56. The summed E-state index contributed by atoms with van der Waals surface area (Å²) in [5.74, 6) is 0.602. The van der Waals surface area contributed by atoms with Crippen LogP contribution in [0.1, 0.15) is 24.4 Å². The van der Waals surface area contributed by atoms with Crippen molar-refractivity contribution in [1.29, 1.82) is 0 Å². The van der Waals surface area contributed by atoms with E-state index in [1.165, 1.54) is 6.07 Å². The van der Waals surface area contributed by atoms with Crippen LogP contribution in [0.5, 0.6) is 0 Å². The molecule has 2 heterocycles. The number of hydrogen-bond donors (Lipinski definition) is 3. The van der Waals surface area contributed by atoms with Crippen LogP contribution in [0.15, 0.2) is 47.3 Å². The molecule has 7 nitrogen and oxygen atoms in total. The minimum atomic E-state index is -0.382. The number of piperidine rings is 1. The van der Waals surface area contributed by atoms with Gasteiger partial charge in [0, 0.05) is 25.1 Å². The van der Waals surface area contributed by atoms with Crippen molar-refractivity contribution in [2.45, 2.75) is 18.9 Å². The van der Waals surface area contributed by atoms with E-state index in [1.54, 1.807) is 6.07 Å². The molecule has 0 unspecified atom stereocenters. The maximum Gasteiger partial charge on any atom is 0.264 e. The smallest absolute Gasteiger partial charge is 0.264 e. The summed E-state index contributed by atoms with van der Waals surface area (Å²) >= 11 is 0. The van der Waals surface area contributed by atoms with E-state index in [0.29, 0.717) is 25.9 Å². The predicted molar refractivity (Wildman–Crippen MR) is 94.2 cm³/mol. The zero-order valence-corrected chi connectivity index (χ0v) is 13.9. The molecule has 0 radical (unpaired) electrons. The van der Waals surface area contributed by atoms with Gasteiger partial charge in [-0.3, -0.25) is 9.59 Å². The molecule has 1 aromatic carbocycles. The van der Waals surface area contributed by atoms with E-state index in [4.69, 9.17) is 0 Å². The van der Waals surface area contributed by atoms with Crippen molar-refractivity contribution >= 4 is 11.7 Å². The number of anilines is 1. The molecule has 1 amide bonds. The first-order valence-corrected chi connectivity index (χ1v) is 8.44. The molecule has 2 aromatic rings. The second kappa shape index (κ2) is 7.94. The predicted octanol–water partition coefficient (Wildman–Crippen LogP) is 0.836. The number of aromatic nitrogens is 2. The summed E-state index contributed by atoms with van der Waals surface area (Å²) in [7, 11) is 0. The van der Waals surface area contributed by atoms with Crippen molar-refractivity contribution in [2.75, 3.05) is 24.6 Å². The van der Waals surface area contributed by atoms with E-state index in [0.717, 1.165) is 11.4 Å². The van der Waals surface area contributed by atoms with Crippen LogP contribution in [0.25, 0.3) is 0 Å². The zero-order chi connectivity index (χ0) is 17.6. The second-order valence-corrected chi connectivity index (χ2v) is 6.20. The number of rotatable bonds is 5. The van der Waals surface area contributed by atoms with Gasteiger partial charge in [0.15, 0.2) is 0 Å². The first-order valence-electron chi connectivity index (χ1n) is 8.44. The monoisotopic (exact) mass is 342 g/mol. The van der Waals surface area contributed by atoms with Gasteiger partial charge in [-0.1, -0.05) is 30.3 Å². The Kier molecular flexibility index (Phi) is 5.45. The number of aliphatic hydroxyl groups is 1. The van der Waals surface area contributed by atoms with Crippen LogP contribution in [0.4, 0.5) is 5.82 Å². The van der Waals surface area contributed by atoms with Gasteiger partial charge < -0.3 is 15.3 Å². The fraction of sp³-hybridized carbons (Fsp3) is 0.389.